The number of hydrogen-bond donors (Lipinski definition) is 1. The predicted molar refractivity (Wildman–Crippen MR) is 115 cm³/mol. The molecule has 146 valence electrons. The molecule has 0 aromatic heterocycles. The fraction of sp³-hybridized carbons (Fsp3) is 0.458. The molecule has 27 heavy (non-hydrogen) atoms. The number of aliphatic imine (C=N–C) groups is 1. The molecule has 0 radical (unpaired) electrons. The van der Waals surface area contributed by atoms with Crippen molar-refractivity contribution in [3.05, 3.63) is 53.6 Å². The van der Waals surface area contributed by atoms with Gasteiger partial charge in [0.25, 0.3) is 0 Å². The van der Waals surface area contributed by atoms with Crippen molar-refractivity contribution < 1.29 is 9.84 Å². The standard InChI is InChI=1S/C24H33NO2/c1-4-6-7-8-9-20-10-13-22(14-11-20)25-17-21-12-15-23(16-24(21)26)27-18-19(3)5-2/h10-17,19,26H,4-9,18H2,1-3H3/t19-/m0/s1. The van der Waals surface area contributed by atoms with Gasteiger partial charge in [-0.1, -0.05) is 58.6 Å². The highest BCUT2D eigenvalue weighted by Crippen LogP contribution is 2.24. The number of unbranched alkanes of at least 4 members (excludes halogenated alkanes) is 3. The second-order valence-electron chi connectivity index (χ2n) is 7.28. The number of benzene rings is 2. The SMILES string of the molecule is CCCCCCc1ccc(N=Cc2ccc(OC[C@@H](C)CC)cc2O)cc1. The molecular weight excluding hydrogens is 334 g/mol. The number of rotatable bonds is 11. The third-order valence-corrected chi connectivity index (χ3v) is 4.84. The fourth-order valence-corrected chi connectivity index (χ4v) is 2.73. The Bertz CT molecular complexity index is 707. The first-order valence-electron chi connectivity index (χ1n) is 10.2. The van der Waals surface area contributed by atoms with Crippen LogP contribution >= 0.6 is 0 Å². The molecule has 0 saturated carbocycles. The first-order chi connectivity index (χ1) is 13.1. The summed E-state index contributed by atoms with van der Waals surface area (Å²) in [6.45, 7) is 7.19. The topological polar surface area (TPSA) is 41.8 Å². The maximum absolute atomic E-state index is 10.2. The summed E-state index contributed by atoms with van der Waals surface area (Å²) in [6.07, 6.45) is 9.03. The number of ether oxygens (including phenoxy) is 1. The second-order valence-corrected chi connectivity index (χ2v) is 7.28. The number of aromatic hydroxyl groups is 1. The van der Waals surface area contributed by atoms with E-state index in [0.717, 1.165) is 18.5 Å². The van der Waals surface area contributed by atoms with Gasteiger partial charge < -0.3 is 9.84 Å². The molecule has 0 aliphatic carbocycles. The van der Waals surface area contributed by atoms with E-state index in [9.17, 15) is 5.11 Å². The van der Waals surface area contributed by atoms with Crippen LogP contribution in [0.3, 0.4) is 0 Å². The van der Waals surface area contributed by atoms with Crippen LogP contribution in [0.15, 0.2) is 47.5 Å². The Labute approximate surface area is 164 Å². The largest absolute Gasteiger partial charge is 0.507 e. The average Bonchev–Trinajstić information content (AvgIpc) is 2.69. The number of aryl methyl sites for hydroxylation is 1. The highest BCUT2D eigenvalue weighted by atomic mass is 16.5. The van der Waals surface area contributed by atoms with Crippen LogP contribution in [0.25, 0.3) is 0 Å². The van der Waals surface area contributed by atoms with Gasteiger partial charge in [0.2, 0.25) is 0 Å². The van der Waals surface area contributed by atoms with E-state index in [-0.39, 0.29) is 5.75 Å². The van der Waals surface area contributed by atoms with Crippen LogP contribution in [0.1, 0.15) is 64.0 Å². The van der Waals surface area contributed by atoms with Gasteiger partial charge in [-0.15, -0.1) is 0 Å². The molecule has 0 heterocycles. The molecule has 0 fully saturated rings. The quantitative estimate of drug-likeness (QED) is 0.355. The molecule has 2 aromatic rings. The molecular formula is C24H33NO2. The Balaban J connectivity index is 1.91. The molecule has 3 heteroatoms. The number of hydrogen-bond acceptors (Lipinski definition) is 3. The van der Waals surface area contributed by atoms with Gasteiger partial charge in [-0.25, -0.2) is 0 Å². The van der Waals surface area contributed by atoms with Gasteiger partial charge in [0.1, 0.15) is 11.5 Å². The molecule has 0 aliphatic rings. The fourth-order valence-electron chi connectivity index (χ4n) is 2.73. The normalized spacial score (nSPS) is 12.4. The minimum atomic E-state index is 0.188. The zero-order valence-electron chi connectivity index (χ0n) is 16.9. The lowest BCUT2D eigenvalue weighted by Crippen LogP contribution is -2.07. The molecule has 0 amide bonds. The Morgan fingerprint density at radius 3 is 2.48 bits per heavy atom. The summed E-state index contributed by atoms with van der Waals surface area (Å²) in [5, 5.41) is 10.2. The van der Waals surface area contributed by atoms with Crippen molar-refractivity contribution in [1.82, 2.24) is 0 Å². The molecule has 2 rings (SSSR count). The van der Waals surface area contributed by atoms with Crippen molar-refractivity contribution in [2.24, 2.45) is 10.9 Å². The maximum atomic E-state index is 10.2. The van der Waals surface area contributed by atoms with Crippen molar-refractivity contribution in [3.63, 3.8) is 0 Å². The molecule has 0 spiro atoms. The number of phenolic OH excluding ortho intramolecular Hbond substituents is 1. The molecule has 0 unspecified atom stereocenters. The van der Waals surface area contributed by atoms with Gasteiger partial charge in [-0.3, -0.25) is 4.99 Å². The third kappa shape index (κ3) is 7.46. The molecule has 0 aliphatic heterocycles. The molecule has 3 nitrogen and oxygen atoms in total. The van der Waals surface area contributed by atoms with Crippen LogP contribution in [0.2, 0.25) is 0 Å². The monoisotopic (exact) mass is 367 g/mol. The van der Waals surface area contributed by atoms with Crippen molar-refractivity contribution in [2.75, 3.05) is 6.61 Å². The Hall–Kier alpha value is -2.29. The minimum absolute atomic E-state index is 0.188. The molecule has 0 saturated heterocycles. The van der Waals surface area contributed by atoms with Crippen LogP contribution in [0.4, 0.5) is 5.69 Å². The van der Waals surface area contributed by atoms with E-state index in [1.54, 1.807) is 12.3 Å². The van der Waals surface area contributed by atoms with Crippen molar-refractivity contribution in [1.29, 1.82) is 0 Å². The molecule has 2 aromatic carbocycles. The van der Waals surface area contributed by atoms with E-state index in [1.165, 1.54) is 31.2 Å². The zero-order chi connectivity index (χ0) is 19.5. The summed E-state index contributed by atoms with van der Waals surface area (Å²) >= 11 is 0. The molecule has 1 atom stereocenters. The lowest BCUT2D eigenvalue weighted by Gasteiger charge is -2.11. The maximum Gasteiger partial charge on any atom is 0.128 e. The van der Waals surface area contributed by atoms with Gasteiger partial charge in [-0.2, -0.15) is 0 Å². The molecule has 1 N–H and O–H groups in total. The van der Waals surface area contributed by atoms with Crippen LogP contribution in [0.5, 0.6) is 11.5 Å². The summed E-state index contributed by atoms with van der Waals surface area (Å²) < 4.78 is 5.71. The van der Waals surface area contributed by atoms with E-state index in [4.69, 9.17) is 4.74 Å². The third-order valence-electron chi connectivity index (χ3n) is 4.84. The smallest absolute Gasteiger partial charge is 0.128 e. The predicted octanol–water partition coefficient (Wildman–Crippen LogP) is 6.69. The Kier molecular flexibility index (Phi) is 8.90. The van der Waals surface area contributed by atoms with Gasteiger partial charge in [0, 0.05) is 17.8 Å². The highest BCUT2D eigenvalue weighted by Gasteiger charge is 2.04. The van der Waals surface area contributed by atoms with Crippen LogP contribution in [-0.4, -0.2) is 17.9 Å². The highest BCUT2D eigenvalue weighted by molar-refractivity contribution is 5.85. The van der Waals surface area contributed by atoms with E-state index in [1.807, 2.05) is 24.3 Å². The van der Waals surface area contributed by atoms with E-state index in [0.29, 0.717) is 23.8 Å². The average molecular weight is 368 g/mol. The number of nitrogens with zero attached hydrogens (tertiary/aromatic N) is 1. The van der Waals surface area contributed by atoms with Gasteiger partial charge >= 0.3 is 0 Å². The summed E-state index contributed by atoms with van der Waals surface area (Å²) in [7, 11) is 0. The number of phenols is 1. The summed E-state index contributed by atoms with van der Waals surface area (Å²) in [5.74, 6) is 1.38. The second kappa shape index (κ2) is 11.4. The zero-order valence-corrected chi connectivity index (χ0v) is 16.9. The van der Waals surface area contributed by atoms with E-state index in [2.05, 4.69) is 37.9 Å². The lowest BCUT2D eigenvalue weighted by atomic mass is 10.1. The van der Waals surface area contributed by atoms with Crippen molar-refractivity contribution in [2.45, 2.75) is 59.3 Å². The van der Waals surface area contributed by atoms with Gasteiger partial charge in [-0.05, 0) is 48.6 Å². The van der Waals surface area contributed by atoms with Gasteiger partial charge in [0.05, 0.1) is 12.3 Å². The summed E-state index contributed by atoms with van der Waals surface area (Å²) in [6, 6.07) is 13.7. The summed E-state index contributed by atoms with van der Waals surface area (Å²) in [4.78, 5) is 4.48. The molecule has 0 bridgehead atoms. The Morgan fingerprint density at radius 1 is 1.04 bits per heavy atom. The minimum Gasteiger partial charge on any atom is -0.507 e. The van der Waals surface area contributed by atoms with Crippen LogP contribution < -0.4 is 4.74 Å². The first-order valence-corrected chi connectivity index (χ1v) is 10.2. The Morgan fingerprint density at radius 2 is 1.81 bits per heavy atom. The van der Waals surface area contributed by atoms with Crippen LogP contribution in [-0.2, 0) is 6.42 Å². The summed E-state index contributed by atoms with van der Waals surface area (Å²) in [5.41, 5.74) is 2.94. The van der Waals surface area contributed by atoms with Crippen molar-refractivity contribution >= 4 is 11.9 Å². The first kappa shape index (κ1) is 21.0. The van der Waals surface area contributed by atoms with E-state index < -0.39 is 0 Å². The van der Waals surface area contributed by atoms with Crippen molar-refractivity contribution in [3.8, 4) is 11.5 Å². The lowest BCUT2D eigenvalue weighted by molar-refractivity contribution is 0.255. The van der Waals surface area contributed by atoms with Gasteiger partial charge in [0.15, 0.2) is 0 Å². The van der Waals surface area contributed by atoms with Crippen LogP contribution in [0, 0.1) is 5.92 Å². The van der Waals surface area contributed by atoms with E-state index >= 15 is 0 Å².